The summed E-state index contributed by atoms with van der Waals surface area (Å²) in [7, 11) is 0. The Bertz CT molecular complexity index is 314. The van der Waals surface area contributed by atoms with Gasteiger partial charge in [0.2, 0.25) is 0 Å². The molecule has 0 heterocycles. The molecule has 1 aliphatic rings. The number of hydrogen-bond donors (Lipinski definition) is 1. The van der Waals surface area contributed by atoms with Gasteiger partial charge >= 0.3 is 0 Å². The number of nitrogen functional groups attached to an aromatic ring is 1. The second-order valence-electron chi connectivity index (χ2n) is 4.70. The zero-order chi connectivity index (χ0) is 11.4. The summed E-state index contributed by atoms with van der Waals surface area (Å²) in [5.41, 5.74) is 7.93. The molecule has 0 unspecified atom stereocenters. The van der Waals surface area contributed by atoms with E-state index in [0.29, 0.717) is 0 Å². The van der Waals surface area contributed by atoms with Crippen LogP contribution in [0.2, 0.25) is 0 Å². The van der Waals surface area contributed by atoms with Crippen molar-refractivity contribution in [1.82, 2.24) is 4.90 Å². The Morgan fingerprint density at radius 3 is 2.50 bits per heavy atom. The molecule has 1 aromatic carbocycles. The number of nitrogens with zero attached hydrogens (tertiary/aromatic N) is 1. The minimum absolute atomic E-state index is 0.858. The molecule has 0 aromatic heterocycles. The molecule has 0 amide bonds. The molecule has 2 N–H and O–H groups in total. The van der Waals surface area contributed by atoms with E-state index in [9.17, 15) is 0 Å². The van der Waals surface area contributed by atoms with Crippen LogP contribution in [0.5, 0.6) is 0 Å². The van der Waals surface area contributed by atoms with Crippen LogP contribution in [-0.2, 0) is 6.42 Å². The van der Waals surface area contributed by atoms with Gasteiger partial charge in [-0.25, -0.2) is 0 Å². The van der Waals surface area contributed by atoms with Gasteiger partial charge in [-0.3, -0.25) is 0 Å². The van der Waals surface area contributed by atoms with E-state index in [2.05, 4.69) is 24.0 Å². The summed E-state index contributed by atoms with van der Waals surface area (Å²) in [6.45, 7) is 4.71. The van der Waals surface area contributed by atoms with E-state index in [1.165, 1.54) is 44.3 Å². The SMILES string of the molecule is CCN(CCCc1ccc(N)cc1)C1CC1. The first-order valence-corrected chi connectivity index (χ1v) is 6.38. The monoisotopic (exact) mass is 218 g/mol. The van der Waals surface area contributed by atoms with Gasteiger partial charge < -0.3 is 10.6 Å². The van der Waals surface area contributed by atoms with Crippen molar-refractivity contribution in [3.63, 3.8) is 0 Å². The van der Waals surface area contributed by atoms with E-state index in [1.54, 1.807) is 0 Å². The fourth-order valence-electron chi connectivity index (χ4n) is 2.21. The zero-order valence-electron chi connectivity index (χ0n) is 10.2. The van der Waals surface area contributed by atoms with Gasteiger partial charge in [0, 0.05) is 11.7 Å². The second-order valence-corrected chi connectivity index (χ2v) is 4.70. The molecule has 0 aliphatic heterocycles. The number of hydrogen-bond acceptors (Lipinski definition) is 2. The van der Waals surface area contributed by atoms with Crippen molar-refractivity contribution < 1.29 is 0 Å². The van der Waals surface area contributed by atoms with E-state index in [1.807, 2.05) is 12.1 Å². The lowest BCUT2D eigenvalue weighted by Crippen LogP contribution is -2.27. The Balaban J connectivity index is 1.72. The highest BCUT2D eigenvalue weighted by molar-refractivity contribution is 5.39. The quantitative estimate of drug-likeness (QED) is 0.744. The van der Waals surface area contributed by atoms with Crippen LogP contribution >= 0.6 is 0 Å². The summed E-state index contributed by atoms with van der Waals surface area (Å²) in [6, 6.07) is 9.17. The van der Waals surface area contributed by atoms with Crippen molar-refractivity contribution in [1.29, 1.82) is 0 Å². The van der Waals surface area contributed by atoms with Crippen LogP contribution in [0.15, 0.2) is 24.3 Å². The Labute approximate surface area is 98.4 Å². The van der Waals surface area contributed by atoms with Gasteiger partial charge in [-0.05, 0) is 56.5 Å². The second kappa shape index (κ2) is 5.35. The van der Waals surface area contributed by atoms with Gasteiger partial charge in [-0.15, -0.1) is 0 Å². The first kappa shape index (κ1) is 11.5. The molecule has 0 radical (unpaired) electrons. The Morgan fingerprint density at radius 2 is 1.94 bits per heavy atom. The number of nitrogens with two attached hydrogens (primary N) is 1. The lowest BCUT2D eigenvalue weighted by Gasteiger charge is -2.19. The molecular weight excluding hydrogens is 196 g/mol. The highest BCUT2D eigenvalue weighted by atomic mass is 15.2. The molecule has 2 nitrogen and oxygen atoms in total. The van der Waals surface area contributed by atoms with E-state index < -0.39 is 0 Å². The largest absolute Gasteiger partial charge is 0.399 e. The smallest absolute Gasteiger partial charge is 0.0314 e. The van der Waals surface area contributed by atoms with E-state index in [-0.39, 0.29) is 0 Å². The third-order valence-corrected chi connectivity index (χ3v) is 3.36. The molecule has 88 valence electrons. The number of rotatable bonds is 6. The third kappa shape index (κ3) is 3.24. The van der Waals surface area contributed by atoms with Crippen molar-refractivity contribution in [2.24, 2.45) is 0 Å². The molecular formula is C14H22N2. The van der Waals surface area contributed by atoms with E-state index in [0.717, 1.165) is 11.7 Å². The maximum atomic E-state index is 5.66. The fraction of sp³-hybridized carbons (Fsp3) is 0.571. The Kier molecular flexibility index (Phi) is 3.83. The van der Waals surface area contributed by atoms with Crippen LogP contribution in [0.3, 0.4) is 0 Å². The van der Waals surface area contributed by atoms with Crippen LogP contribution in [0.25, 0.3) is 0 Å². The van der Waals surface area contributed by atoms with Crippen LogP contribution in [-0.4, -0.2) is 24.0 Å². The average molecular weight is 218 g/mol. The normalized spacial score (nSPS) is 15.6. The standard InChI is InChI=1S/C14H22N2/c1-2-16(14-9-10-14)11-3-4-12-5-7-13(15)8-6-12/h5-8,14H,2-4,9-11,15H2,1H3. The van der Waals surface area contributed by atoms with Crippen molar-refractivity contribution in [2.75, 3.05) is 18.8 Å². The van der Waals surface area contributed by atoms with E-state index >= 15 is 0 Å². The fourth-order valence-corrected chi connectivity index (χ4v) is 2.21. The van der Waals surface area contributed by atoms with Crippen LogP contribution in [0.1, 0.15) is 31.7 Å². The minimum Gasteiger partial charge on any atom is -0.399 e. The molecule has 2 rings (SSSR count). The predicted molar refractivity (Wildman–Crippen MR) is 69.4 cm³/mol. The summed E-state index contributed by atoms with van der Waals surface area (Å²) in [4.78, 5) is 2.61. The molecule has 1 fully saturated rings. The third-order valence-electron chi connectivity index (χ3n) is 3.36. The van der Waals surface area contributed by atoms with Gasteiger partial charge in [0.1, 0.15) is 0 Å². The molecule has 0 bridgehead atoms. The summed E-state index contributed by atoms with van der Waals surface area (Å²) < 4.78 is 0. The average Bonchev–Trinajstić information content (AvgIpc) is 3.11. The van der Waals surface area contributed by atoms with Gasteiger partial charge in [0.05, 0.1) is 0 Å². The molecule has 0 saturated heterocycles. The van der Waals surface area contributed by atoms with Gasteiger partial charge in [0.25, 0.3) is 0 Å². The molecule has 16 heavy (non-hydrogen) atoms. The summed E-state index contributed by atoms with van der Waals surface area (Å²) in [5.74, 6) is 0. The van der Waals surface area contributed by atoms with Crippen LogP contribution in [0.4, 0.5) is 5.69 Å². The molecule has 1 saturated carbocycles. The summed E-state index contributed by atoms with van der Waals surface area (Å²) in [6.07, 6.45) is 5.25. The predicted octanol–water partition coefficient (Wildman–Crippen LogP) is 2.69. The lowest BCUT2D eigenvalue weighted by atomic mass is 10.1. The highest BCUT2D eigenvalue weighted by Crippen LogP contribution is 2.26. The first-order chi connectivity index (χ1) is 7.79. The number of aryl methyl sites for hydroxylation is 1. The Morgan fingerprint density at radius 1 is 1.25 bits per heavy atom. The first-order valence-electron chi connectivity index (χ1n) is 6.38. The molecule has 0 atom stereocenters. The number of benzene rings is 1. The minimum atomic E-state index is 0.858. The Hall–Kier alpha value is -1.02. The zero-order valence-corrected chi connectivity index (χ0v) is 10.2. The molecule has 0 spiro atoms. The molecule has 2 heteroatoms. The van der Waals surface area contributed by atoms with Crippen LogP contribution < -0.4 is 5.73 Å². The summed E-state index contributed by atoms with van der Waals surface area (Å²) in [5, 5.41) is 0. The van der Waals surface area contributed by atoms with Crippen molar-refractivity contribution in [2.45, 2.75) is 38.6 Å². The van der Waals surface area contributed by atoms with E-state index in [4.69, 9.17) is 5.73 Å². The van der Waals surface area contributed by atoms with Crippen molar-refractivity contribution >= 4 is 5.69 Å². The lowest BCUT2D eigenvalue weighted by molar-refractivity contribution is 0.274. The summed E-state index contributed by atoms with van der Waals surface area (Å²) >= 11 is 0. The van der Waals surface area contributed by atoms with Crippen molar-refractivity contribution in [3.05, 3.63) is 29.8 Å². The maximum Gasteiger partial charge on any atom is 0.0314 e. The molecule has 1 aliphatic carbocycles. The topological polar surface area (TPSA) is 29.3 Å². The van der Waals surface area contributed by atoms with Gasteiger partial charge in [-0.2, -0.15) is 0 Å². The highest BCUT2D eigenvalue weighted by Gasteiger charge is 2.26. The number of anilines is 1. The van der Waals surface area contributed by atoms with Crippen molar-refractivity contribution in [3.8, 4) is 0 Å². The maximum absolute atomic E-state index is 5.66. The van der Waals surface area contributed by atoms with Crippen LogP contribution in [0, 0.1) is 0 Å². The molecule has 1 aromatic rings. The van der Waals surface area contributed by atoms with Gasteiger partial charge in [-0.1, -0.05) is 19.1 Å². The van der Waals surface area contributed by atoms with Gasteiger partial charge in [0.15, 0.2) is 0 Å².